The molecule has 0 aliphatic rings. The van der Waals surface area contributed by atoms with Crippen LogP contribution in [0.3, 0.4) is 0 Å². The van der Waals surface area contributed by atoms with Crippen LogP contribution in [0.5, 0.6) is 0 Å². The molecule has 2 aromatic rings. The van der Waals surface area contributed by atoms with Gasteiger partial charge in [0.2, 0.25) is 0 Å². The first-order chi connectivity index (χ1) is 18.4. The summed E-state index contributed by atoms with van der Waals surface area (Å²) >= 11 is 0. The number of carbonyl (C=O) groups excluding carboxylic acids is 2. The molecule has 0 aliphatic carbocycles. The second-order valence-corrected chi connectivity index (χ2v) is 17.7. The van der Waals surface area contributed by atoms with Gasteiger partial charge < -0.3 is 24.5 Å². The van der Waals surface area contributed by atoms with E-state index in [0.717, 1.165) is 0 Å². The summed E-state index contributed by atoms with van der Waals surface area (Å²) in [5.41, 5.74) is -1.20. The maximum atomic E-state index is 12.8. The first-order valence-electron chi connectivity index (χ1n) is 14.2. The van der Waals surface area contributed by atoms with E-state index in [2.05, 4.69) is 79.9 Å². The third kappa shape index (κ3) is 10.3. The van der Waals surface area contributed by atoms with Crippen LogP contribution in [-0.4, -0.2) is 50.4 Å². The Bertz CT molecular complexity index is 1030. The van der Waals surface area contributed by atoms with E-state index >= 15 is 0 Å². The van der Waals surface area contributed by atoms with Gasteiger partial charge in [-0.1, -0.05) is 81.4 Å². The molecule has 222 valence electrons. The van der Waals surface area contributed by atoms with Crippen molar-refractivity contribution in [3.05, 3.63) is 60.7 Å². The lowest BCUT2D eigenvalue weighted by atomic mass is 10.1. The van der Waals surface area contributed by atoms with E-state index in [-0.39, 0.29) is 17.1 Å². The maximum absolute atomic E-state index is 12.8. The molecule has 0 saturated carbocycles. The molecule has 2 rings (SSSR count). The first kappa shape index (κ1) is 33.4. The van der Waals surface area contributed by atoms with E-state index in [1.54, 1.807) is 0 Å². The molecule has 40 heavy (non-hydrogen) atoms. The van der Waals surface area contributed by atoms with Crippen molar-refractivity contribution >= 4 is 30.9 Å². The smallest absolute Gasteiger partial charge is 0.407 e. The highest BCUT2D eigenvalue weighted by Gasteiger charge is 2.50. The third-order valence-electron chi connectivity index (χ3n) is 6.35. The SMILES string of the molecule is CC(CC[C@@H](CO[Si](c1ccccc1)(c1ccccc1)C(C)(C)C)NC(=O)OC(C)(C)C)NC(=O)OC(C)(C)C. The van der Waals surface area contributed by atoms with Gasteiger partial charge in [0.15, 0.2) is 0 Å². The second-order valence-electron chi connectivity index (χ2n) is 13.4. The number of hydrogen-bond donors (Lipinski definition) is 2. The summed E-state index contributed by atoms with van der Waals surface area (Å²) in [6.07, 6.45) is 0.245. The lowest BCUT2D eigenvalue weighted by molar-refractivity contribution is 0.0462. The van der Waals surface area contributed by atoms with Crippen molar-refractivity contribution in [1.82, 2.24) is 10.6 Å². The zero-order valence-corrected chi connectivity index (χ0v) is 27.1. The minimum absolute atomic E-state index is 0.161. The molecular formula is C32H50N2O5Si. The van der Waals surface area contributed by atoms with Crippen molar-refractivity contribution in [3.63, 3.8) is 0 Å². The normalized spacial score (nSPS) is 14.2. The minimum atomic E-state index is -2.80. The highest BCUT2D eigenvalue weighted by Crippen LogP contribution is 2.37. The van der Waals surface area contributed by atoms with Gasteiger partial charge in [-0.05, 0) is 76.7 Å². The average molecular weight is 571 g/mol. The average Bonchev–Trinajstić information content (AvgIpc) is 2.80. The number of rotatable bonds is 10. The van der Waals surface area contributed by atoms with Gasteiger partial charge in [0, 0.05) is 6.04 Å². The second kappa shape index (κ2) is 13.7. The molecule has 0 aromatic heterocycles. The Hall–Kier alpha value is -2.84. The Morgan fingerprint density at radius 3 is 1.52 bits per heavy atom. The number of alkyl carbamates (subject to hydrolysis) is 2. The molecule has 0 fully saturated rings. The van der Waals surface area contributed by atoms with E-state index in [1.807, 2.05) is 60.6 Å². The summed E-state index contributed by atoms with van der Waals surface area (Å²) in [5.74, 6) is 0. The van der Waals surface area contributed by atoms with Crippen LogP contribution in [0.4, 0.5) is 9.59 Å². The van der Waals surface area contributed by atoms with Gasteiger partial charge in [0.1, 0.15) is 11.2 Å². The summed E-state index contributed by atoms with van der Waals surface area (Å²) in [6, 6.07) is 20.3. The Morgan fingerprint density at radius 2 is 1.12 bits per heavy atom. The van der Waals surface area contributed by atoms with E-state index in [9.17, 15) is 9.59 Å². The molecule has 2 amide bonds. The Morgan fingerprint density at radius 1 is 0.700 bits per heavy atom. The molecule has 0 bridgehead atoms. The van der Waals surface area contributed by atoms with Gasteiger partial charge in [-0.2, -0.15) is 0 Å². The Balaban J connectivity index is 2.34. The lowest BCUT2D eigenvalue weighted by Crippen LogP contribution is -2.67. The first-order valence-corrected chi connectivity index (χ1v) is 16.1. The molecule has 0 saturated heterocycles. The van der Waals surface area contributed by atoms with E-state index < -0.39 is 31.7 Å². The highest BCUT2D eigenvalue weighted by atomic mass is 28.4. The van der Waals surface area contributed by atoms with Crippen LogP contribution in [0.1, 0.15) is 82.1 Å². The fourth-order valence-electron chi connectivity index (χ4n) is 4.69. The van der Waals surface area contributed by atoms with Gasteiger partial charge in [-0.3, -0.25) is 0 Å². The number of benzene rings is 2. The van der Waals surface area contributed by atoms with Crippen molar-refractivity contribution in [2.75, 3.05) is 6.61 Å². The topological polar surface area (TPSA) is 85.9 Å². The quantitative estimate of drug-likeness (QED) is 0.335. The molecule has 0 spiro atoms. The number of hydrogen-bond acceptors (Lipinski definition) is 5. The molecule has 0 heterocycles. The zero-order valence-electron chi connectivity index (χ0n) is 26.1. The predicted molar refractivity (Wildman–Crippen MR) is 165 cm³/mol. The summed E-state index contributed by atoms with van der Waals surface area (Å²) < 4.78 is 18.1. The molecular weight excluding hydrogens is 520 g/mol. The van der Waals surface area contributed by atoms with Crippen LogP contribution in [0, 0.1) is 0 Å². The maximum Gasteiger partial charge on any atom is 0.407 e. The lowest BCUT2D eigenvalue weighted by Gasteiger charge is -2.43. The fourth-order valence-corrected chi connectivity index (χ4v) is 9.30. The fraction of sp³-hybridized carbons (Fsp3) is 0.562. The van der Waals surface area contributed by atoms with Gasteiger partial charge in [-0.15, -0.1) is 0 Å². The van der Waals surface area contributed by atoms with Crippen LogP contribution in [0.25, 0.3) is 0 Å². The summed E-state index contributed by atoms with van der Waals surface area (Å²) in [4.78, 5) is 25.1. The summed E-state index contributed by atoms with van der Waals surface area (Å²) in [7, 11) is -2.80. The van der Waals surface area contributed by atoms with E-state index in [1.165, 1.54) is 10.4 Å². The van der Waals surface area contributed by atoms with E-state index in [4.69, 9.17) is 13.9 Å². The van der Waals surface area contributed by atoms with Gasteiger partial charge in [-0.25, -0.2) is 9.59 Å². The largest absolute Gasteiger partial charge is 0.444 e. The van der Waals surface area contributed by atoms with Crippen molar-refractivity contribution in [2.45, 2.75) is 110 Å². The molecule has 2 atom stereocenters. The molecule has 2 aromatic carbocycles. The molecule has 1 unspecified atom stereocenters. The number of nitrogens with one attached hydrogen (secondary N) is 2. The van der Waals surface area contributed by atoms with Crippen LogP contribution >= 0.6 is 0 Å². The monoisotopic (exact) mass is 570 g/mol. The van der Waals surface area contributed by atoms with Crippen molar-refractivity contribution < 1.29 is 23.5 Å². The molecule has 8 heteroatoms. The molecule has 0 radical (unpaired) electrons. The Kier molecular flexibility index (Phi) is 11.4. The highest BCUT2D eigenvalue weighted by molar-refractivity contribution is 6.99. The summed E-state index contributed by atoms with van der Waals surface area (Å²) in [6.45, 7) is 19.9. The van der Waals surface area contributed by atoms with Crippen molar-refractivity contribution in [2.24, 2.45) is 0 Å². The van der Waals surface area contributed by atoms with Crippen LogP contribution < -0.4 is 21.0 Å². The minimum Gasteiger partial charge on any atom is -0.444 e. The van der Waals surface area contributed by atoms with E-state index in [0.29, 0.717) is 19.4 Å². The molecule has 0 aliphatic heterocycles. The molecule has 7 nitrogen and oxygen atoms in total. The molecule has 2 N–H and O–H groups in total. The zero-order chi connectivity index (χ0) is 30.2. The van der Waals surface area contributed by atoms with Crippen LogP contribution in [0.15, 0.2) is 60.7 Å². The third-order valence-corrected chi connectivity index (χ3v) is 11.4. The number of ether oxygens (including phenoxy) is 2. The van der Waals surface area contributed by atoms with Crippen LogP contribution in [0.2, 0.25) is 5.04 Å². The standard InChI is InChI=1S/C32H50N2O5Si/c1-24(33-28(35)38-30(2,3)4)21-22-25(34-29(36)39-31(5,6)7)23-37-40(32(8,9)10,26-17-13-11-14-18-26)27-19-15-12-16-20-27/h11-20,24-25H,21-23H2,1-10H3,(H,33,35)(H,34,36)/t24?,25-/m0/s1. The van der Waals surface area contributed by atoms with Crippen LogP contribution in [-0.2, 0) is 13.9 Å². The summed E-state index contributed by atoms with van der Waals surface area (Å²) in [5, 5.41) is 8.08. The van der Waals surface area contributed by atoms with Gasteiger partial charge >= 0.3 is 12.2 Å². The Labute approximate surface area is 242 Å². The van der Waals surface area contributed by atoms with Gasteiger partial charge in [0.05, 0.1) is 12.6 Å². The van der Waals surface area contributed by atoms with Crippen molar-refractivity contribution in [1.29, 1.82) is 0 Å². The van der Waals surface area contributed by atoms with Gasteiger partial charge in [0.25, 0.3) is 8.32 Å². The number of carbonyl (C=O) groups is 2. The predicted octanol–water partition coefficient (Wildman–Crippen LogP) is 6.15. The number of amides is 2. The van der Waals surface area contributed by atoms with Crippen molar-refractivity contribution in [3.8, 4) is 0 Å².